The number of aromatic nitrogens is 2. The van der Waals surface area contributed by atoms with Gasteiger partial charge in [-0.15, -0.1) is 0 Å². The van der Waals surface area contributed by atoms with Crippen LogP contribution in [0.3, 0.4) is 0 Å². The van der Waals surface area contributed by atoms with Crippen molar-refractivity contribution in [2.45, 2.75) is 20.0 Å². The second-order valence-electron chi connectivity index (χ2n) is 3.97. The number of nitrogens with two attached hydrogens (primary N) is 1. The molecule has 0 amide bonds. The normalized spacial score (nSPS) is 10.5. The molecule has 1 aromatic carbocycles. The van der Waals surface area contributed by atoms with Gasteiger partial charge in [0, 0.05) is 18.3 Å². The predicted molar refractivity (Wildman–Crippen MR) is 66.7 cm³/mol. The Morgan fingerprint density at radius 3 is 2.65 bits per heavy atom. The van der Waals surface area contributed by atoms with Gasteiger partial charge < -0.3 is 5.73 Å². The van der Waals surface area contributed by atoms with E-state index in [-0.39, 0.29) is 5.56 Å². The molecule has 0 bridgehead atoms. The zero-order valence-corrected chi connectivity index (χ0v) is 9.76. The van der Waals surface area contributed by atoms with Crippen LogP contribution in [0.4, 0.5) is 0 Å². The summed E-state index contributed by atoms with van der Waals surface area (Å²) in [6, 6.07) is 9.38. The Morgan fingerprint density at radius 1 is 1.29 bits per heavy atom. The van der Waals surface area contributed by atoms with Gasteiger partial charge in [0.2, 0.25) is 0 Å². The molecule has 0 fully saturated rings. The number of hydrogen-bond acceptors (Lipinski definition) is 3. The predicted octanol–water partition coefficient (Wildman–Crippen LogP) is 1.06. The first-order chi connectivity index (χ1) is 8.20. The highest BCUT2D eigenvalue weighted by molar-refractivity contribution is 5.27. The van der Waals surface area contributed by atoms with Gasteiger partial charge in [-0.2, -0.15) is 0 Å². The van der Waals surface area contributed by atoms with Gasteiger partial charge in [-0.3, -0.25) is 9.36 Å². The van der Waals surface area contributed by atoms with Gasteiger partial charge in [0.1, 0.15) is 0 Å². The van der Waals surface area contributed by atoms with Crippen molar-refractivity contribution in [3.63, 3.8) is 0 Å². The summed E-state index contributed by atoms with van der Waals surface area (Å²) in [5.74, 6) is 0. The molecule has 0 saturated carbocycles. The second-order valence-corrected chi connectivity index (χ2v) is 3.97. The van der Waals surface area contributed by atoms with E-state index in [1.165, 1.54) is 6.07 Å². The quantitative estimate of drug-likeness (QED) is 0.856. The molecule has 0 aliphatic heterocycles. The van der Waals surface area contributed by atoms with Gasteiger partial charge >= 0.3 is 0 Å². The minimum Gasteiger partial charge on any atom is -0.326 e. The lowest BCUT2D eigenvalue weighted by Crippen LogP contribution is -2.21. The van der Waals surface area contributed by atoms with Crippen molar-refractivity contribution in [3.8, 4) is 0 Å². The number of rotatable bonds is 3. The SMILES string of the molecule is Cc1cc(=O)n(Cc2ccccc2CN)cn1. The monoisotopic (exact) mass is 229 g/mol. The average molecular weight is 229 g/mol. The van der Waals surface area contributed by atoms with Gasteiger partial charge in [-0.25, -0.2) is 4.98 Å². The molecule has 0 aliphatic rings. The number of aryl methyl sites for hydroxylation is 1. The maximum absolute atomic E-state index is 11.7. The summed E-state index contributed by atoms with van der Waals surface area (Å²) in [7, 11) is 0. The lowest BCUT2D eigenvalue weighted by Gasteiger charge is -2.09. The molecule has 2 aromatic rings. The molecule has 17 heavy (non-hydrogen) atoms. The lowest BCUT2D eigenvalue weighted by atomic mass is 10.1. The van der Waals surface area contributed by atoms with Crippen LogP contribution in [-0.2, 0) is 13.1 Å². The summed E-state index contributed by atoms with van der Waals surface area (Å²) in [6.45, 7) is 2.79. The standard InChI is InChI=1S/C13H15N3O/c1-10-6-13(17)16(9-15-10)8-12-5-3-2-4-11(12)7-14/h2-6,9H,7-8,14H2,1H3. The van der Waals surface area contributed by atoms with Crippen molar-refractivity contribution >= 4 is 0 Å². The molecule has 0 atom stereocenters. The van der Waals surface area contributed by atoms with Crippen molar-refractivity contribution < 1.29 is 0 Å². The van der Waals surface area contributed by atoms with Crippen LogP contribution in [0.1, 0.15) is 16.8 Å². The Balaban J connectivity index is 2.35. The van der Waals surface area contributed by atoms with Crippen molar-refractivity contribution in [2.24, 2.45) is 5.73 Å². The Morgan fingerprint density at radius 2 is 2.00 bits per heavy atom. The molecule has 0 aliphatic carbocycles. The molecule has 2 N–H and O–H groups in total. The molecule has 0 saturated heterocycles. The third kappa shape index (κ3) is 2.60. The third-order valence-electron chi connectivity index (χ3n) is 2.70. The smallest absolute Gasteiger partial charge is 0.253 e. The lowest BCUT2D eigenvalue weighted by molar-refractivity contribution is 0.723. The highest BCUT2D eigenvalue weighted by atomic mass is 16.1. The highest BCUT2D eigenvalue weighted by Crippen LogP contribution is 2.08. The van der Waals surface area contributed by atoms with E-state index in [1.54, 1.807) is 17.8 Å². The molecule has 2 rings (SSSR count). The van der Waals surface area contributed by atoms with E-state index in [0.717, 1.165) is 16.8 Å². The van der Waals surface area contributed by atoms with E-state index in [1.807, 2.05) is 24.3 Å². The van der Waals surface area contributed by atoms with Crippen LogP contribution in [0.25, 0.3) is 0 Å². The third-order valence-corrected chi connectivity index (χ3v) is 2.70. The molecule has 4 nitrogen and oxygen atoms in total. The molecular weight excluding hydrogens is 214 g/mol. The average Bonchev–Trinajstić information content (AvgIpc) is 2.33. The maximum atomic E-state index is 11.7. The van der Waals surface area contributed by atoms with E-state index < -0.39 is 0 Å². The number of nitrogens with zero attached hydrogens (tertiary/aromatic N) is 2. The van der Waals surface area contributed by atoms with Crippen LogP contribution >= 0.6 is 0 Å². The Hall–Kier alpha value is -1.94. The van der Waals surface area contributed by atoms with Gasteiger partial charge in [0.15, 0.2) is 0 Å². The van der Waals surface area contributed by atoms with Crippen LogP contribution in [-0.4, -0.2) is 9.55 Å². The van der Waals surface area contributed by atoms with Crippen LogP contribution in [0, 0.1) is 6.92 Å². The molecule has 0 spiro atoms. The molecule has 4 heteroatoms. The number of benzene rings is 1. The zero-order chi connectivity index (χ0) is 12.3. The van der Waals surface area contributed by atoms with Crippen molar-refractivity contribution in [1.29, 1.82) is 0 Å². The molecule has 0 unspecified atom stereocenters. The number of hydrogen-bond donors (Lipinski definition) is 1. The summed E-state index contributed by atoms with van der Waals surface area (Å²) in [5.41, 5.74) is 8.47. The summed E-state index contributed by atoms with van der Waals surface area (Å²) in [5, 5.41) is 0. The molecule has 0 radical (unpaired) electrons. The molecule has 88 valence electrons. The van der Waals surface area contributed by atoms with E-state index in [2.05, 4.69) is 4.98 Å². The van der Waals surface area contributed by atoms with E-state index >= 15 is 0 Å². The van der Waals surface area contributed by atoms with Crippen LogP contribution in [0.2, 0.25) is 0 Å². The Bertz CT molecular complexity index is 575. The Labute approximate surface area is 99.7 Å². The van der Waals surface area contributed by atoms with Gasteiger partial charge in [-0.1, -0.05) is 24.3 Å². The summed E-state index contributed by atoms with van der Waals surface area (Å²) in [4.78, 5) is 15.9. The van der Waals surface area contributed by atoms with Gasteiger partial charge in [0.25, 0.3) is 5.56 Å². The minimum absolute atomic E-state index is 0.0377. The fourth-order valence-corrected chi connectivity index (χ4v) is 1.73. The van der Waals surface area contributed by atoms with Gasteiger partial charge in [0.05, 0.1) is 12.9 Å². The van der Waals surface area contributed by atoms with E-state index in [9.17, 15) is 4.79 Å². The summed E-state index contributed by atoms with van der Waals surface area (Å²) < 4.78 is 1.58. The summed E-state index contributed by atoms with van der Waals surface area (Å²) in [6.07, 6.45) is 1.57. The van der Waals surface area contributed by atoms with Crippen LogP contribution < -0.4 is 11.3 Å². The van der Waals surface area contributed by atoms with Crippen LogP contribution in [0.5, 0.6) is 0 Å². The van der Waals surface area contributed by atoms with E-state index in [0.29, 0.717) is 13.1 Å². The first kappa shape index (κ1) is 11.5. The first-order valence-electron chi connectivity index (χ1n) is 5.50. The molecule has 1 heterocycles. The maximum Gasteiger partial charge on any atom is 0.253 e. The zero-order valence-electron chi connectivity index (χ0n) is 9.76. The summed E-state index contributed by atoms with van der Waals surface area (Å²) >= 11 is 0. The molecular formula is C13H15N3O. The molecule has 1 aromatic heterocycles. The largest absolute Gasteiger partial charge is 0.326 e. The minimum atomic E-state index is -0.0377. The fraction of sp³-hybridized carbons (Fsp3) is 0.231. The van der Waals surface area contributed by atoms with Crippen molar-refractivity contribution in [3.05, 3.63) is 63.8 Å². The second kappa shape index (κ2) is 4.93. The highest BCUT2D eigenvalue weighted by Gasteiger charge is 2.02. The van der Waals surface area contributed by atoms with E-state index in [4.69, 9.17) is 5.73 Å². The topological polar surface area (TPSA) is 60.9 Å². The first-order valence-corrected chi connectivity index (χ1v) is 5.50. The van der Waals surface area contributed by atoms with Crippen molar-refractivity contribution in [2.75, 3.05) is 0 Å². The Kier molecular flexibility index (Phi) is 3.35. The van der Waals surface area contributed by atoms with Gasteiger partial charge in [-0.05, 0) is 18.1 Å². The fourth-order valence-electron chi connectivity index (χ4n) is 1.73. The van der Waals surface area contributed by atoms with Crippen LogP contribution in [0.15, 0.2) is 41.5 Å². The van der Waals surface area contributed by atoms with Crippen molar-refractivity contribution in [1.82, 2.24) is 9.55 Å².